The molecule has 0 aliphatic heterocycles. The van der Waals surface area contributed by atoms with E-state index in [2.05, 4.69) is 35.2 Å². The van der Waals surface area contributed by atoms with Gasteiger partial charge in [-0.15, -0.1) is 23.1 Å². The highest BCUT2D eigenvalue weighted by Crippen LogP contribution is 2.34. The van der Waals surface area contributed by atoms with E-state index in [0.29, 0.717) is 23.2 Å². The van der Waals surface area contributed by atoms with Crippen molar-refractivity contribution in [2.75, 3.05) is 11.1 Å². The predicted molar refractivity (Wildman–Crippen MR) is 118 cm³/mol. The standard InChI is InChI=1S/C21H23N3O2S2/c1-12(2)13-5-3-6-14(9-13)22-18(25)11-27-10-17-23-20(26)19-15-7-4-8-16(15)28-21(19)24-17/h3,5-6,9,12H,4,7-8,10-11H2,1-2H3,(H,22,25)(H,23,24,26). The Labute approximate surface area is 172 Å². The number of nitrogens with zero attached hydrogens (tertiary/aromatic N) is 1. The van der Waals surface area contributed by atoms with Gasteiger partial charge in [-0.25, -0.2) is 4.98 Å². The van der Waals surface area contributed by atoms with Gasteiger partial charge in [-0.05, 0) is 48.4 Å². The molecular weight excluding hydrogens is 390 g/mol. The van der Waals surface area contributed by atoms with Gasteiger partial charge in [0.1, 0.15) is 10.7 Å². The number of nitrogens with one attached hydrogen (secondary N) is 2. The number of aryl methyl sites for hydroxylation is 2. The number of aromatic amines is 1. The Hall–Kier alpha value is -2.12. The van der Waals surface area contributed by atoms with Gasteiger partial charge in [0, 0.05) is 10.6 Å². The third-order valence-electron chi connectivity index (χ3n) is 4.93. The van der Waals surface area contributed by atoms with Crippen molar-refractivity contribution >= 4 is 44.9 Å². The molecule has 0 unspecified atom stereocenters. The number of hydrogen-bond donors (Lipinski definition) is 2. The van der Waals surface area contributed by atoms with Gasteiger partial charge in [-0.1, -0.05) is 26.0 Å². The molecule has 28 heavy (non-hydrogen) atoms. The first-order valence-corrected chi connectivity index (χ1v) is 11.5. The molecule has 0 saturated heterocycles. The lowest BCUT2D eigenvalue weighted by Crippen LogP contribution is -2.15. The third-order valence-corrected chi connectivity index (χ3v) is 7.06. The minimum atomic E-state index is -0.0515. The highest BCUT2D eigenvalue weighted by molar-refractivity contribution is 7.99. The second-order valence-corrected chi connectivity index (χ2v) is 9.44. The van der Waals surface area contributed by atoms with Crippen LogP contribution in [0.5, 0.6) is 0 Å². The molecule has 1 amide bonds. The van der Waals surface area contributed by atoms with Crippen LogP contribution in [0.15, 0.2) is 29.1 Å². The molecule has 0 bridgehead atoms. The molecule has 0 saturated carbocycles. The molecule has 3 aromatic rings. The molecule has 1 aliphatic carbocycles. The number of carbonyl (C=O) groups excluding carboxylic acids is 1. The monoisotopic (exact) mass is 413 g/mol. The molecule has 1 aromatic carbocycles. The molecule has 0 fully saturated rings. The first-order valence-electron chi connectivity index (χ1n) is 9.52. The van der Waals surface area contributed by atoms with Crippen molar-refractivity contribution in [1.82, 2.24) is 9.97 Å². The summed E-state index contributed by atoms with van der Waals surface area (Å²) in [6.07, 6.45) is 3.16. The van der Waals surface area contributed by atoms with Crippen LogP contribution in [0.2, 0.25) is 0 Å². The number of thioether (sulfide) groups is 1. The summed E-state index contributed by atoms with van der Waals surface area (Å²) in [6.45, 7) is 4.26. The van der Waals surface area contributed by atoms with Crippen molar-refractivity contribution in [3.63, 3.8) is 0 Å². The Morgan fingerprint density at radius 1 is 1.36 bits per heavy atom. The van der Waals surface area contributed by atoms with E-state index in [1.165, 1.54) is 27.8 Å². The molecule has 2 N–H and O–H groups in total. The SMILES string of the molecule is CC(C)c1cccc(NC(=O)CSCc2nc3sc4c(c3c(=O)[nH]2)CCC4)c1. The lowest BCUT2D eigenvalue weighted by Gasteiger charge is -2.09. The summed E-state index contributed by atoms with van der Waals surface area (Å²) in [5, 5.41) is 3.71. The molecule has 0 radical (unpaired) electrons. The number of rotatable bonds is 6. The molecular formula is C21H23N3O2S2. The van der Waals surface area contributed by atoms with Gasteiger partial charge in [0.05, 0.1) is 16.9 Å². The van der Waals surface area contributed by atoms with Crippen LogP contribution in [0, 0.1) is 0 Å². The zero-order chi connectivity index (χ0) is 19.7. The second-order valence-electron chi connectivity index (χ2n) is 7.37. The Bertz CT molecular complexity index is 1080. The molecule has 146 valence electrons. The minimum absolute atomic E-state index is 0.0463. The number of carbonyl (C=O) groups is 1. The van der Waals surface area contributed by atoms with Crippen molar-refractivity contribution < 1.29 is 4.79 Å². The summed E-state index contributed by atoms with van der Waals surface area (Å²) >= 11 is 3.09. The fraction of sp³-hybridized carbons (Fsp3) is 0.381. The number of anilines is 1. The van der Waals surface area contributed by atoms with Gasteiger partial charge in [0.25, 0.3) is 5.56 Å². The summed E-state index contributed by atoms with van der Waals surface area (Å²) in [4.78, 5) is 34.4. The molecule has 0 atom stereocenters. The smallest absolute Gasteiger partial charge is 0.259 e. The Kier molecular flexibility index (Phi) is 5.55. The fourth-order valence-electron chi connectivity index (χ4n) is 3.53. The van der Waals surface area contributed by atoms with E-state index in [1.54, 1.807) is 11.3 Å². The van der Waals surface area contributed by atoms with Gasteiger partial charge < -0.3 is 10.3 Å². The van der Waals surface area contributed by atoms with Gasteiger partial charge in [-0.3, -0.25) is 9.59 Å². The number of benzene rings is 1. The van der Waals surface area contributed by atoms with Crippen LogP contribution >= 0.6 is 23.1 Å². The molecule has 2 heterocycles. The zero-order valence-electron chi connectivity index (χ0n) is 16.0. The average Bonchev–Trinajstić information content (AvgIpc) is 3.22. The van der Waals surface area contributed by atoms with Gasteiger partial charge in [-0.2, -0.15) is 0 Å². The summed E-state index contributed by atoms with van der Waals surface area (Å²) in [5.74, 6) is 1.83. The maximum absolute atomic E-state index is 12.5. The highest BCUT2D eigenvalue weighted by Gasteiger charge is 2.21. The Morgan fingerprint density at radius 2 is 2.21 bits per heavy atom. The summed E-state index contributed by atoms with van der Waals surface area (Å²) in [7, 11) is 0. The summed E-state index contributed by atoms with van der Waals surface area (Å²) in [6, 6.07) is 7.93. The van der Waals surface area contributed by atoms with Crippen LogP contribution in [0.4, 0.5) is 5.69 Å². The lowest BCUT2D eigenvalue weighted by molar-refractivity contribution is -0.113. The van der Waals surface area contributed by atoms with Crippen LogP contribution in [-0.2, 0) is 23.4 Å². The van der Waals surface area contributed by atoms with Crippen molar-refractivity contribution in [1.29, 1.82) is 0 Å². The van der Waals surface area contributed by atoms with E-state index in [0.717, 1.165) is 35.2 Å². The molecule has 1 aliphatic rings. The molecule has 0 spiro atoms. The molecule has 7 heteroatoms. The zero-order valence-corrected chi connectivity index (χ0v) is 17.6. The summed E-state index contributed by atoms with van der Waals surface area (Å²) < 4.78 is 0. The highest BCUT2D eigenvalue weighted by atomic mass is 32.2. The molecule has 4 rings (SSSR count). The van der Waals surface area contributed by atoms with Crippen molar-refractivity contribution in [3.05, 3.63) is 56.4 Å². The maximum atomic E-state index is 12.5. The van der Waals surface area contributed by atoms with Gasteiger partial charge in [0.15, 0.2) is 0 Å². The number of thiophene rings is 1. The molecule has 5 nitrogen and oxygen atoms in total. The maximum Gasteiger partial charge on any atom is 0.259 e. The van der Waals surface area contributed by atoms with Crippen LogP contribution in [0.1, 0.15) is 48.0 Å². The van der Waals surface area contributed by atoms with Gasteiger partial charge in [0.2, 0.25) is 5.91 Å². The van der Waals surface area contributed by atoms with Crippen molar-refractivity contribution in [2.45, 2.75) is 44.8 Å². The Balaban J connectivity index is 1.37. The van der Waals surface area contributed by atoms with E-state index in [4.69, 9.17) is 0 Å². The number of hydrogen-bond acceptors (Lipinski definition) is 5. The van der Waals surface area contributed by atoms with E-state index >= 15 is 0 Å². The minimum Gasteiger partial charge on any atom is -0.325 e. The quantitative estimate of drug-likeness (QED) is 0.625. The largest absolute Gasteiger partial charge is 0.325 e. The first-order chi connectivity index (χ1) is 13.5. The van der Waals surface area contributed by atoms with Crippen LogP contribution in [-0.4, -0.2) is 21.6 Å². The fourth-order valence-corrected chi connectivity index (χ4v) is 5.50. The van der Waals surface area contributed by atoms with E-state index in [-0.39, 0.29) is 11.5 Å². The van der Waals surface area contributed by atoms with Crippen LogP contribution < -0.4 is 10.9 Å². The normalized spacial score (nSPS) is 13.2. The third kappa shape index (κ3) is 4.00. The predicted octanol–water partition coefficient (Wildman–Crippen LogP) is 4.47. The molecule has 2 aromatic heterocycles. The van der Waals surface area contributed by atoms with Crippen molar-refractivity contribution in [2.24, 2.45) is 0 Å². The first kappa shape index (κ1) is 19.2. The van der Waals surface area contributed by atoms with E-state index < -0.39 is 0 Å². The van der Waals surface area contributed by atoms with E-state index in [9.17, 15) is 9.59 Å². The number of amides is 1. The Morgan fingerprint density at radius 3 is 3.04 bits per heavy atom. The van der Waals surface area contributed by atoms with E-state index in [1.807, 2.05) is 18.2 Å². The number of aromatic nitrogens is 2. The van der Waals surface area contributed by atoms with Gasteiger partial charge >= 0.3 is 0 Å². The number of H-pyrrole nitrogens is 1. The lowest BCUT2D eigenvalue weighted by atomic mass is 10.0. The summed E-state index contributed by atoms with van der Waals surface area (Å²) in [5.41, 5.74) is 3.16. The topological polar surface area (TPSA) is 74.8 Å². The van der Waals surface area contributed by atoms with Crippen LogP contribution in [0.3, 0.4) is 0 Å². The second kappa shape index (κ2) is 8.09. The van der Waals surface area contributed by atoms with Crippen LogP contribution in [0.25, 0.3) is 10.2 Å². The average molecular weight is 414 g/mol. The number of fused-ring (bicyclic) bond motifs is 3. The van der Waals surface area contributed by atoms with Crippen molar-refractivity contribution in [3.8, 4) is 0 Å².